The number of benzene rings is 1. The molecule has 88 valence electrons. The maximum atomic E-state index is 12.7. The van der Waals surface area contributed by atoms with E-state index in [4.69, 9.17) is 0 Å². The van der Waals surface area contributed by atoms with Crippen LogP contribution in [0.5, 0.6) is 0 Å². The maximum absolute atomic E-state index is 12.7. The molecule has 1 unspecified atom stereocenters. The molecule has 0 aliphatic heterocycles. The summed E-state index contributed by atoms with van der Waals surface area (Å²) in [5, 5.41) is 12.6. The van der Waals surface area contributed by atoms with Crippen LogP contribution in [0.25, 0.3) is 0 Å². The molecule has 3 heteroatoms. The lowest BCUT2D eigenvalue weighted by Gasteiger charge is -2.23. The zero-order chi connectivity index (χ0) is 11.4. The number of anilines is 1. The van der Waals surface area contributed by atoms with Gasteiger partial charge in [-0.05, 0) is 43.0 Å². The molecular weight excluding hydrogens is 205 g/mol. The van der Waals surface area contributed by atoms with Crippen molar-refractivity contribution in [3.8, 4) is 0 Å². The normalized spacial score (nSPS) is 18.6. The van der Waals surface area contributed by atoms with E-state index in [9.17, 15) is 9.50 Å². The Hall–Kier alpha value is -1.09. The molecule has 0 spiro atoms. The fraction of sp³-hybridized carbons (Fsp3) is 0.538. The van der Waals surface area contributed by atoms with Gasteiger partial charge in [-0.2, -0.15) is 0 Å². The SMILES string of the molecule is OCC(Nc1ccc(F)cc1)C1CCCC1. The first-order valence-corrected chi connectivity index (χ1v) is 5.92. The summed E-state index contributed by atoms with van der Waals surface area (Å²) in [5.74, 6) is 0.321. The first-order valence-electron chi connectivity index (χ1n) is 5.92. The molecule has 1 aromatic carbocycles. The molecule has 1 aromatic rings. The van der Waals surface area contributed by atoms with Crippen LogP contribution in [0.1, 0.15) is 25.7 Å². The van der Waals surface area contributed by atoms with Gasteiger partial charge in [-0.25, -0.2) is 4.39 Å². The van der Waals surface area contributed by atoms with Crippen LogP contribution in [0.15, 0.2) is 24.3 Å². The van der Waals surface area contributed by atoms with Crippen LogP contribution in [0.2, 0.25) is 0 Å². The van der Waals surface area contributed by atoms with Crippen molar-refractivity contribution in [3.63, 3.8) is 0 Å². The Balaban J connectivity index is 1.97. The number of aliphatic hydroxyl groups is 1. The van der Waals surface area contributed by atoms with Gasteiger partial charge in [0.15, 0.2) is 0 Å². The van der Waals surface area contributed by atoms with Crippen LogP contribution in [0, 0.1) is 11.7 Å². The van der Waals surface area contributed by atoms with E-state index in [-0.39, 0.29) is 18.5 Å². The Morgan fingerprint density at radius 2 is 1.88 bits per heavy atom. The zero-order valence-electron chi connectivity index (χ0n) is 9.32. The zero-order valence-corrected chi connectivity index (χ0v) is 9.32. The van der Waals surface area contributed by atoms with E-state index < -0.39 is 0 Å². The lowest BCUT2D eigenvalue weighted by atomic mass is 9.98. The number of halogens is 1. The summed E-state index contributed by atoms with van der Waals surface area (Å²) >= 11 is 0. The molecule has 1 fully saturated rings. The number of nitrogens with one attached hydrogen (secondary N) is 1. The molecule has 1 aliphatic carbocycles. The van der Waals surface area contributed by atoms with Crippen molar-refractivity contribution in [1.29, 1.82) is 0 Å². The molecular formula is C13H18FNO. The third kappa shape index (κ3) is 2.73. The van der Waals surface area contributed by atoms with Gasteiger partial charge in [0.1, 0.15) is 5.82 Å². The molecule has 0 amide bonds. The monoisotopic (exact) mass is 223 g/mol. The van der Waals surface area contributed by atoms with Crippen LogP contribution in [-0.4, -0.2) is 17.8 Å². The maximum Gasteiger partial charge on any atom is 0.123 e. The minimum absolute atomic E-state index is 0.105. The highest BCUT2D eigenvalue weighted by Crippen LogP contribution is 2.29. The second-order valence-corrected chi connectivity index (χ2v) is 4.48. The lowest BCUT2D eigenvalue weighted by molar-refractivity contribution is 0.238. The van der Waals surface area contributed by atoms with Gasteiger partial charge in [-0.15, -0.1) is 0 Å². The van der Waals surface area contributed by atoms with Crippen LogP contribution in [0.4, 0.5) is 10.1 Å². The van der Waals surface area contributed by atoms with Gasteiger partial charge >= 0.3 is 0 Å². The fourth-order valence-electron chi connectivity index (χ4n) is 2.43. The highest BCUT2D eigenvalue weighted by molar-refractivity contribution is 5.44. The van der Waals surface area contributed by atoms with Gasteiger partial charge in [0.2, 0.25) is 0 Å². The van der Waals surface area contributed by atoms with Crippen molar-refractivity contribution in [2.45, 2.75) is 31.7 Å². The minimum atomic E-state index is -0.230. The second-order valence-electron chi connectivity index (χ2n) is 4.48. The summed E-state index contributed by atoms with van der Waals surface area (Å²) in [7, 11) is 0. The Labute approximate surface area is 95.5 Å². The molecule has 1 atom stereocenters. The summed E-state index contributed by atoms with van der Waals surface area (Å²) in [6.45, 7) is 0.141. The molecule has 1 aliphatic rings. The predicted octanol–water partition coefficient (Wildman–Crippen LogP) is 2.79. The van der Waals surface area contributed by atoms with Crippen LogP contribution < -0.4 is 5.32 Å². The van der Waals surface area contributed by atoms with Crippen molar-refractivity contribution in [1.82, 2.24) is 0 Å². The number of rotatable bonds is 4. The molecule has 0 bridgehead atoms. The largest absolute Gasteiger partial charge is 0.394 e. The number of aliphatic hydroxyl groups excluding tert-OH is 1. The van der Waals surface area contributed by atoms with E-state index in [0.717, 1.165) is 5.69 Å². The van der Waals surface area contributed by atoms with Crippen molar-refractivity contribution < 1.29 is 9.50 Å². The van der Waals surface area contributed by atoms with E-state index in [1.165, 1.54) is 37.8 Å². The Morgan fingerprint density at radius 1 is 1.25 bits per heavy atom. The summed E-state index contributed by atoms with van der Waals surface area (Å²) in [4.78, 5) is 0. The summed E-state index contributed by atoms with van der Waals surface area (Å²) in [5.41, 5.74) is 0.882. The van der Waals surface area contributed by atoms with Crippen molar-refractivity contribution in [2.75, 3.05) is 11.9 Å². The molecule has 0 radical (unpaired) electrons. The Kier molecular flexibility index (Phi) is 3.78. The van der Waals surface area contributed by atoms with Gasteiger partial charge in [-0.3, -0.25) is 0 Å². The van der Waals surface area contributed by atoms with E-state index in [1.54, 1.807) is 12.1 Å². The van der Waals surface area contributed by atoms with Gasteiger partial charge in [0, 0.05) is 5.69 Å². The van der Waals surface area contributed by atoms with Gasteiger partial charge in [0.05, 0.1) is 12.6 Å². The molecule has 0 aromatic heterocycles. The molecule has 0 saturated heterocycles. The van der Waals surface area contributed by atoms with E-state index in [0.29, 0.717) is 5.92 Å². The van der Waals surface area contributed by atoms with Crippen LogP contribution in [0.3, 0.4) is 0 Å². The fourth-order valence-corrected chi connectivity index (χ4v) is 2.43. The third-order valence-corrected chi connectivity index (χ3v) is 3.36. The molecule has 2 nitrogen and oxygen atoms in total. The standard InChI is InChI=1S/C13H18FNO/c14-11-5-7-12(8-6-11)15-13(9-16)10-3-1-2-4-10/h5-8,10,13,15-16H,1-4,9H2. The number of hydrogen-bond acceptors (Lipinski definition) is 2. The minimum Gasteiger partial charge on any atom is -0.394 e. The smallest absolute Gasteiger partial charge is 0.123 e. The lowest BCUT2D eigenvalue weighted by Crippen LogP contribution is -2.31. The quantitative estimate of drug-likeness (QED) is 0.822. The molecule has 0 heterocycles. The van der Waals surface area contributed by atoms with Crippen LogP contribution in [-0.2, 0) is 0 Å². The van der Waals surface area contributed by atoms with Gasteiger partial charge in [-0.1, -0.05) is 12.8 Å². The van der Waals surface area contributed by atoms with E-state index >= 15 is 0 Å². The topological polar surface area (TPSA) is 32.3 Å². The van der Waals surface area contributed by atoms with E-state index in [1.807, 2.05) is 0 Å². The third-order valence-electron chi connectivity index (χ3n) is 3.36. The average molecular weight is 223 g/mol. The first kappa shape index (κ1) is 11.4. The molecule has 2 rings (SSSR count). The second kappa shape index (κ2) is 5.30. The summed E-state index contributed by atoms with van der Waals surface area (Å²) in [6.07, 6.45) is 4.87. The summed E-state index contributed by atoms with van der Waals surface area (Å²) in [6, 6.07) is 6.41. The number of hydrogen-bond donors (Lipinski definition) is 2. The highest BCUT2D eigenvalue weighted by atomic mass is 19.1. The Morgan fingerprint density at radius 3 is 2.44 bits per heavy atom. The molecule has 2 N–H and O–H groups in total. The van der Waals surface area contributed by atoms with Crippen molar-refractivity contribution in [2.24, 2.45) is 5.92 Å². The highest BCUT2D eigenvalue weighted by Gasteiger charge is 2.24. The van der Waals surface area contributed by atoms with Gasteiger partial charge < -0.3 is 10.4 Å². The first-order chi connectivity index (χ1) is 7.79. The van der Waals surface area contributed by atoms with Crippen molar-refractivity contribution >= 4 is 5.69 Å². The summed E-state index contributed by atoms with van der Waals surface area (Å²) < 4.78 is 12.7. The predicted molar refractivity (Wildman–Crippen MR) is 62.9 cm³/mol. The van der Waals surface area contributed by atoms with Crippen molar-refractivity contribution in [3.05, 3.63) is 30.1 Å². The molecule has 1 saturated carbocycles. The van der Waals surface area contributed by atoms with Crippen LogP contribution >= 0.6 is 0 Å². The molecule has 16 heavy (non-hydrogen) atoms. The van der Waals surface area contributed by atoms with Gasteiger partial charge in [0.25, 0.3) is 0 Å². The average Bonchev–Trinajstić information content (AvgIpc) is 2.82. The Bertz CT molecular complexity index is 319. The van der Waals surface area contributed by atoms with E-state index in [2.05, 4.69) is 5.32 Å².